The van der Waals surface area contributed by atoms with Crippen LogP contribution in [-0.2, 0) is 0 Å². The van der Waals surface area contributed by atoms with Crippen molar-refractivity contribution in [2.24, 2.45) is 5.92 Å². The van der Waals surface area contributed by atoms with E-state index in [1.54, 1.807) is 0 Å². The summed E-state index contributed by atoms with van der Waals surface area (Å²) < 4.78 is 0. The molecule has 0 aromatic carbocycles. The highest BCUT2D eigenvalue weighted by Crippen LogP contribution is 2.31. The summed E-state index contributed by atoms with van der Waals surface area (Å²) >= 11 is 0. The Labute approximate surface area is 123 Å². The topological polar surface area (TPSA) is 41.1 Å². The summed E-state index contributed by atoms with van der Waals surface area (Å²) in [5.74, 6) is 4.23. The molecule has 1 aromatic heterocycles. The third-order valence-corrected chi connectivity index (χ3v) is 4.17. The maximum Gasteiger partial charge on any atom is 0.137 e. The van der Waals surface area contributed by atoms with Crippen LogP contribution in [0.5, 0.6) is 0 Å². The Morgan fingerprint density at radius 1 is 1.35 bits per heavy atom. The summed E-state index contributed by atoms with van der Waals surface area (Å²) in [7, 11) is 1.94. The summed E-state index contributed by atoms with van der Waals surface area (Å²) in [5, 5.41) is 3.21. The summed E-state index contributed by atoms with van der Waals surface area (Å²) in [6, 6.07) is 0. The normalized spacial score (nSPS) is 18.9. The molecule has 2 rings (SSSR count). The van der Waals surface area contributed by atoms with E-state index in [0.29, 0.717) is 5.92 Å². The molecular weight excluding hydrogens is 248 g/mol. The highest BCUT2D eigenvalue weighted by atomic mass is 15.2. The van der Waals surface area contributed by atoms with Crippen molar-refractivity contribution >= 4 is 11.6 Å². The number of nitrogens with one attached hydrogen (secondary N) is 1. The van der Waals surface area contributed by atoms with E-state index in [1.165, 1.54) is 24.8 Å². The first-order valence-corrected chi connectivity index (χ1v) is 7.88. The third kappa shape index (κ3) is 3.05. The van der Waals surface area contributed by atoms with E-state index in [1.807, 2.05) is 7.05 Å². The van der Waals surface area contributed by atoms with E-state index >= 15 is 0 Å². The molecule has 4 nitrogen and oxygen atoms in total. The monoisotopic (exact) mass is 276 g/mol. The molecule has 0 bridgehead atoms. The molecule has 1 unspecified atom stereocenters. The Hall–Kier alpha value is -1.32. The molecule has 1 saturated heterocycles. The Kier molecular flexibility index (Phi) is 4.84. The zero-order valence-electron chi connectivity index (χ0n) is 13.5. The van der Waals surface area contributed by atoms with Gasteiger partial charge in [0.2, 0.25) is 0 Å². The molecule has 1 aliphatic heterocycles. The second-order valence-electron chi connectivity index (χ2n) is 6.17. The van der Waals surface area contributed by atoms with Crippen LogP contribution in [0.3, 0.4) is 0 Å². The Morgan fingerprint density at radius 3 is 2.70 bits per heavy atom. The fourth-order valence-electron chi connectivity index (χ4n) is 3.00. The number of anilines is 2. The van der Waals surface area contributed by atoms with Crippen molar-refractivity contribution in [3.63, 3.8) is 0 Å². The Balaban J connectivity index is 2.29. The average Bonchev–Trinajstić information content (AvgIpc) is 2.87. The van der Waals surface area contributed by atoms with Crippen LogP contribution in [0, 0.1) is 12.8 Å². The number of nitrogens with zero attached hydrogens (tertiary/aromatic N) is 3. The van der Waals surface area contributed by atoms with Crippen LogP contribution in [0.1, 0.15) is 57.3 Å². The van der Waals surface area contributed by atoms with Gasteiger partial charge in [0, 0.05) is 31.6 Å². The molecule has 1 aliphatic rings. The molecule has 1 aromatic rings. The molecule has 0 aliphatic carbocycles. The molecule has 1 atom stereocenters. The van der Waals surface area contributed by atoms with Gasteiger partial charge in [-0.25, -0.2) is 9.97 Å². The highest BCUT2D eigenvalue weighted by Gasteiger charge is 2.25. The number of aromatic nitrogens is 2. The number of hydrogen-bond acceptors (Lipinski definition) is 4. The smallest absolute Gasteiger partial charge is 0.137 e. The van der Waals surface area contributed by atoms with Crippen LogP contribution < -0.4 is 10.2 Å². The Morgan fingerprint density at radius 2 is 2.10 bits per heavy atom. The maximum atomic E-state index is 4.83. The van der Waals surface area contributed by atoms with Gasteiger partial charge in [0.05, 0.1) is 0 Å². The van der Waals surface area contributed by atoms with Crippen molar-refractivity contribution in [3.8, 4) is 0 Å². The highest BCUT2D eigenvalue weighted by molar-refractivity contribution is 5.59. The van der Waals surface area contributed by atoms with Crippen LogP contribution in [0.2, 0.25) is 0 Å². The van der Waals surface area contributed by atoms with Crippen LogP contribution in [-0.4, -0.2) is 30.1 Å². The van der Waals surface area contributed by atoms with E-state index in [4.69, 9.17) is 4.98 Å². The zero-order valence-corrected chi connectivity index (χ0v) is 13.5. The van der Waals surface area contributed by atoms with Gasteiger partial charge < -0.3 is 10.2 Å². The lowest BCUT2D eigenvalue weighted by Gasteiger charge is -2.22. The maximum absolute atomic E-state index is 4.83. The second kappa shape index (κ2) is 6.42. The fourth-order valence-corrected chi connectivity index (χ4v) is 3.00. The van der Waals surface area contributed by atoms with Crippen molar-refractivity contribution in [2.75, 3.05) is 30.4 Å². The molecule has 0 spiro atoms. The van der Waals surface area contributed by atoms with Gasteiger partial charge in [-0.05, 0) is 25.7 Å². The lowest BCUT2D eigenvalue weighted by molar-refractivity contribution is 0.529. The largest absolute Gasteiger partial charge is 0.373 e. The number of hydrogen-bond donors (Lipinski definition) is 1. The fraction of sp³-hybridized carbons (Fsp3) is 0.750. The van der Waals surface area contributed by atoms with E-state index in [2.05, 4.69) is 42.9 Å². The first-order chi connectivity index (χ1) is 9.56. The first kappa shape index (κ1) is 15.1. The standard InChI is InChI=1S/C16H28N4/c1-6-7-13-8-9-20(10-13)16-12(4)15(17-5)18-14(19-16)11(2)3/h11,13H,6-10H2,1-5H3,(H,17,18,19). The van der Waals surface area contributed by atoms with Crippen LogP contribution in [0.25, 0.3) is 0 Å². The van der Waals surface area contributed by atoms with E-state index in [9.17, 15) is 0 Å². The molecule has 2 heterocycles. The summed E-state index contributed by atoms with van der Waals surface area (Å²) in [6.45, 7) is 11.0. The lowest BCUT2D eigenvalue weighted by atomic mass is 10.0. The van der Waals surface area contributed by atoms with Crippen molar-refractivity contribution < 1.29 is 0 Å². The minimum absolute atomic E-state index is 0.357. The summed E-state index contributed by atoms with van der Waals surface area (Å²) in [6.07, 6.45) is 3.90. The lowest BCUT2D eigenvalue weighted by Crippen LogP contribution is -2.23. The quantitative estimate of drug-likeness (QED) is 0.892. The first-order valence-electron chi connectivity index (χ1n) is 7.88. The van der Waals surface area contributed by atoms with Crippen molar-refractivity contribution in [1.82, 2.24) is 9.97 Å². The minimum atomic E-state index is 0.357. The molecule has 0 saturated carbocycles. The predicted octanol–water partition coefficient (Wildman–Crippen LogP) is 3.58. The van der Waals surface area contributed by atoms with E-state index in [0.717, 1.165) is 36.5 Å². The zero-order chi connectivity index (χ0) is 14.7. The summed E-state index contributed by atoms with van der Waals surface area (Å²) in [4.78, 5) is 11.9. The summed E-state index contributed by atoms with van der Waals surface area (Å²) in [5.41, 5.74) is 1.18. The van der Waals surface area contributed by atoms with Gasteiger partial charge in [-0.3, -0.25) is 0 Å². The molecule has 0 amide bonds. The minimum Gasteiger partial charge on any atom is -0.373 e. The van der Waals surface area contributed by atoms with Crippen molar-refractivity contribution in [1.29, 1.82) is 0 Å². The molecule has 1 N–H and O–H groups in total. The van der Waals surface area contributed by atoms with Gasteiger partial charge in [0.1, 0.15) is 17.5 Å². The second-order valence-corrected chi connectivity index (χ2v) is 6.17. The van der Waals surface area contributed by atoms with Gasteiger partial charge in [-0.1, -0.05) is 27.2 Å². The SMILES string of the molecule is CCCC1CCN(c2nc(C(C)C)nc(NC)c2C)C1. The third-order valence-electron chi connectivity index (χ3n) is 4.17. The van der Waals surface area contributed by atoms with Crippen molar-refractivity contribution in [2.45, 2.75) is 52.9 Å². The van der Waals surface area contributed by atoms with Gasteiger partial charge in [0.15, 0.2) is 0 Å². The molecule has 4 heteroatoms. The number of rotatable bonds is 5. The van der Waals surface area contributed by atoms with Gasteiger partial charge in [0.25, 0.3) is 0 Å². The predicted molar refractivity (Wildman–Crippen MR) is 85.6 cm³/mol. The molecular formula is C16H28N4. The Bertz CT molecular complexity index is 456. The molecule has 0 radical (unpaired) electrons. The van der Waals surface area contributed by atoms with Crippen LogP contribution >= 0.6 is 0 Å². The van der Waals surface area contributed by atoms with Crippen molar-refractivity contribution in [3.05, 3.63) is 11.4 Å². The van der Waals surface area contributed by atoms with Crippen LogP contribution in [0.15, 0.2) is 0 Å². The van der Waals surface area contributed by atoms with E-state index < -0.39 is 0 Å². The van der Waals surface area contributed by atoms with Gasteiger partial charge in [-0.15, -0.1) is 0 Å². The van der Waals surface area contributed by atoms with E-state index in [-0.39, 0.29) is 0 Å². The van der Waals surface area contributed by atoms with Gasteiger partial charge in [-0.2, -0.15) is 0 Å². The molecule has 1 fully saturated rings. The average molecular weight is 276 g/mol. The molecule has 20 heavy (non-hydrogen) atoms. The molecule has 112 valence electrons. The van der Waals surface area contributed by atoms with Gasteiger partial charge >= 0.3 is 0 Å². The van der Waals surface area contributed by atoms with Crippen LogP contribution in [0.4, 0.5) is 11.6 Å².